The number of allylic oxidation sites excluding steroid dienone is 2. The lowest BCUT2D eigenvalue weighted by Crippen LogP contribution is -2.30. The van der Waals surface area contributed by atoms with Gasteiger partial charge in [0, 0.05) is 19.3 Å². The Bertz CT molecular complexity index is 689. The summed E-state index contributed by atoms with van der Waals surface area (Å²) in [7, 11) is 0. The zero-order chi connectivity index (χ0) is 32.4. The molecule has 0 aliphatic rings. The van der Waals surface area contributed by atoms with Crippen molar-refractivity contribution in [1.82, 2.24) is 0 Å². The predicted octanol–water partition coefficient (Wildman–Crippen LogP) is 11.1. The summed E-state index contributed by atoms with van der Waals surface area (Å²) < 4.78 is 16.5. The van der Waals surface area contributed by atoms with E-state index in [-0.39, 0.29) is 31.1 Å². The van der Waals surface area contributed by atoms with Gasteiger partial charge in [-0.15, -0.1) is 0 Å². The van der Waals surface area contributed by atoms with Gasteiger partial charge in [-0.25, -0.2) is 0 Å². The molecule has 0 amide bonds. The highest BCUT2D eigenvalue weighted by atomic mass is 16.6. The van der Waals surface area contributed by atoms with E-state index in [1.807, 2.05) is 0 Å². The standard InChI is InChI=1S/C38H70O6/c1-4-7-10-13-16-18-20-22-25-28-31-37(40)43-34-35(33-42-36(39)30-27-24-15-12-9-6-3)44-38(41)32-29-26-23-21-19-17-14-11-8-5-2/h10,13,35H,4-9,11-12,14-34H2,1-3H3/b13-10-. The fourth-order valence-electron chi connectivity index (χ4n) is 5.15. The van der Waals surface area contributed by atoms with Gasteiger partial charge in [-0.3, -0.25) is 14.4 Å². The average molecular weight is 623 g/mol. The lowest BCUT2D eigenvalue weighted by Gasteiger charge is -2.18. The normalized spacial score (nSPS) is 12.0. The van der Waals surface area contributed by atoms with Gasteiger partial charge in [0.2, 0.25) is 0 Å². The fourth-order valence-corrected chi connectivity index (χ4v) is 5.15. The molecular weight excluding hydrogens is 552 g/mol. The Kier molecular flexibility index (Phi) is 32.6. The first-order valence-corrected chi connectivity index (χ1v) is 18.7. The molecule has 6 heteroatoms. The SMILES string of the molecule is CCC/C=C\CCCCCCCC(=O)OCC(COC(=O)CCCCCCCC)OC(=O)CCCCCCCCCCCC. The maximum Gasteiger partial charge on any atom is 0.306 e. The lowest BCUT2D eigenvalue weighted by molar-refractivity contribution is -0.167. The van der Waals surface area contributed by atoms with Crippen LogP contribution in [-0.2, 0) is 28.6 Å². The van der Waals surface area contributed by atoms with Crippen LogP contribution in [-0.4, -0.2) is 37.2 Å². The maximum absolute atomic E-state index is 12.5. The number of ether oxygens (including phenoxy) is 3. The first-order chi connectivity index (χ1) is 21.5. The number of hydrogen-bond donors (Lipinski definition) is 0. The summed E-state index contributed by atoms with van der Waals surface area (Å²) in [5, 5.41) is 0. The van der Waals surface area contributed by atoms with Crippen LogP contribution in [0, 0.1) is 0 Å². The molecule has 0 aromatic heterocycles. The third kappa shape index (κ3) is 31.6. The van der Waals surface area contributed by atoms with Crippen molar-refractivity contribution in [2.45, 2.75) is 200 Å². The van der Waals surface area contributed by atoms with Gasteiger partial charge in [-0.1, -0.05) is 148 Å². The summed E-state index contributed by atoms with van der Waals surface area (Å²) >= 11 is 0. The minimum absolute atomic E-state index is 0.0710. The number of carbonyl (C=O) groups excluding carboxylic acids is 3. The Morgan fingerprint density at radius 3 is 1.23 bits per heavy atom. The minimum Gasteiger partial charge on any atom is -0.462 e. The molecule has 0 rings (SSSR count). The van der Waals surface area contributed by atoms with Crippen molar-refractivity contribution in [3.05, 3.63) is 12.2 Å². The van der Waals surface area contributed by atoms with Crippen molar-refractivity contribution in [3.8, 4) is 0 Å². The van der Waals surface area contributed by atoms with Crippen molar-refractivity contribution in [3.63, 3.8) is 0 Å². The molecule has 1 unspecified atom stereocenters. The molecule has 0 N–H and O–H groups in total. The summed E-state index contributed by atoms with van der Waals surface area (Å²) in [5.74, 6) is -0.896. The van der Waals surface area contributed by atoms with Gasteiger partial charge in [-0.2, -0.15) is 0 Å². The number of rotatable bonds is 33. The molecule has 44 heavy (non-hydrogen) atoms. The van der Waals surface area contributed by atoms with Crippen LogP contribution >= 0.6 is 0 Å². The number of unbranched alkanes of at least 4 members (excludes halogenated alkanes) is 20. The van der Waals surface area contributed by atoms with Crippen LogP contribution < -0.4 is 0 Å². The molecule has 0 radical (unpaired) electrons. The molecule has 1 atom stereocenters. The molecule has 6 nitrogen and oxygen atoms in total. The zero-order valence-corrected chi connectivity index (χ0v) is 29.2. The summed E-state index contributed by atoms with van der Waals surface area (Å²) in [6.07, 6.45) is 32.1. The highest BCUT2D eigenvalue weighted by Crippen LogP contribution is 2.13. The van der Waals surface area contributed by atoms with Crippen LogP contribution in [0.5, 0.6) is 0 Å². The van der Waals surface area contributed by atoms with E-state index >= 15 is 0 Å². The van der Waals surface area contributed by atoms with E-state index in [0.29, 0.717) is 19.3 Å². The molecule has 0 heterocycles. The van der Waals surface area contributed by atoms with Crippen LogP contribution in [0.1, 0.15) is 194 Å². The van der Waals surface area contributed by atoms with Crippen molar-refractivity contribution in [2.24, 2.45) is 0 Å². The van der Waals surface area contributed by atoms with Crippen molar-refractivity contribution >= 4 is 17.9 Å². The Morgan fingerprint density at radius 2 is 0.795 bits per heavy atom. The average Bonchev–Trinajstić information content (AvgIpc) is 3.02. The molecule has 0 spiro atoms. The minimum atomic E-state index is -0.760. The summed E-state index contributed by atoms with van der Waals surface area (Å²) in [5.41, 5.74) is 0. The third-order valence-electron chi connectivity index (χ3n) is 8.00. The third-order valence-corrected chi connectivity index (χ3v) is 8.00. The molecule has 0 aromatic carbocycles. The summed E-state index contributed by atoms with van der Waals surface area (Å²) in [6, 6.07) is 0. The monoisotopic (exact) mass is 623 g/mol. The van der Waals surface area contributed by atoms with Gasteiger partial charge in [0.05, 0.1) is 0 Å². The summed E-state index contributed by atoms with van der Waals surface area (Å²) in [4.78, 5) is 37.2. The van der Waals surface area contributed by atoms with Crippen molar-refractivity contribution < 1.29 is 28.6 Å². The smallest absolute Gasteiger partial charge is 0.306 e. The highest BCUT2D eigenvalue weighted by molar-refractivity contribution is 5.71. The predicted molar refractivity (Wildman–Crippen MR) is 183 cm³/mol. The first-order valence-electron chi connectivity index (χ1n) is 18.7. The van der Waals surface area contributed by atoms with Crippen LogP contribution in [0.25, 0.3) is 0 Å². The number of hydrogen-bond acceptors (Lipinski definition) is 6. The second-order valence-corrected chi connectivity index (χ2v) is 12.5. The molecule has 0 aliphatic carbocycles. The molecular formula is C38H70O6. The Hall–Kier alpha value is -1.85. The fraction of sp³-hybridized carbons (Fsp3) is 0.868. The van der Waals surface area contributed by atoms with E-state index in [4.69, 9.17) is 14.2 Å². The van der Waals surface area contributed by atoms with Gasteiger partial charge in [0.15, 0.2) is 6.10 Å². The number of carbonyl (C=O) groups is 3. The van der Waals surface area contributed by atoms with E-state index in [0.717, 1.165) is 70.6 Å². The molecule has 0 saturated heterocycles. The van der Waals surface area contributed by atoms with E-state index in [9.17, 15) is 14.4 Å². The first kappa shape index (κ1) is 42.1. The second kappa shape index (κ2) is 34.0. The molecule has 0 saturated carbocycles. The molecule has 0 fully saturated rings. The second-order valence-electron chi connectivity index (χ2n) is 12.5. The van der Waals surface area contributed by atoms with Gasteiger partial charge < -0.3 is 14.2 Å². The number of esters is 3. The van der Waals surface area contributed by atoms with Gasteiger partial charge in [-0.05, 0) is 38.5 Å². The quantitative estimate of drug-likeness (QED) is 0.0313. The van der Waals surface area contributed by atoms with E-state index in [2.05, 4.69) is 32.9 Å². The van der Waals surface area contributed by atoms with Crippen molar-refractivity contribution in [2.75, 3.05) is 13.2 Å². The Labute approximate surface area is 271 Å². The largest absolute Gasteiger partial charge is 0.462 e. The van der Waals surface area contributed by atoms with Crippen LogP contribution in [0.2, 0.25) is 0 Å². The van der Waals surface area contributed by atoms with Gasteiger partial charge in [0.1, 0.15) is 13.2 Å². The zero-order valence-electron chi connectivity index (χ0n) is 29.2. The highest BCUT2D eigenvalue weighted by Gasteiger charge is 2.19. The van der Waals surface area contributed by atoms with Crippen LogP contribution in [0.3, 0.4) is 0 Å². The molecule has 258 valence electrons. The molecule has 0 aromatic rings. The topological polar surface area (TPSA) is 78.9 Å². The van der Waals surface area contributed by atoms with E-state index in [1.54, 1.807) is 0 Å². The lowest BCUT2D eigenvalue weighted by atomic mass is 10.1. The van der Waals surface area contributed by atoms with Crippen LogP contribution in [0.15, 0.2) is 12.2 Å². The van der Waals surface area contributed by atoms with Crippen molar-refractivity contribution in [1.29, 1.82) is 0 Å². The van der Waals surface area contributed by atoms with E-state index in [1.165, 1.54) is 83.5 Å². The van der Waals surface area contributed by atoms with E-state index < -0.39 is 6.10 Å². The van der Waals surface area contributed by atoms with Crippen LogP contribution in [0.4, 0.5) is 0 Å². The summed E-state index contributed by atoms with van der Waals surface area (Å²) in [6.45, 7) is 6.47. The molecule has 0 bridgehead atoms. The Balaban J connectivity index is 4.34. The van der Waals surface area contributed by atoms with Gasteiger partial charge in [0.25, 0.3) is 0 Å². The van der Waals surface area contributed by atoms with Gasteiger partial charge >= 0.3 is 17.9 Å². The molecule has 0 aliphatic heterocycles. The Morgan fingerprint density at radius 1 is 0.432 bits per heavy atom. The maximum atomic E-state index is 12.5.